The minimum absolute atomic E-state index is 0.00421. The second kappa shape index (κ2) is 8.64. The number of benzene rings is 1. The largest absolute Gasteiger partial charge is 0.425 e. The van der Waals surface area contributed by atoms with Crippen LogP contribution >= 0.6 is 0 Å². The van der Waals surface area contributed by atoms with Gasteiger partial charge in [0.15, 0.2) is 0 Å². The van der Waals surface area contributed by atoms with Crippen molar-refractivity contribution >= 4 is 17.4 Å². The van der Waals surface area contributed by atoms with Gasteiger partial charge < -0.3 is 10.1 Å². The highest BCUT2D eigenvalue weighted by Crippen LogP contribution is 2.60. The van der Waals surface area contributed by atoms with Crippen LogP contribution in [0.15, 0.2) is 42.6 Å². The first-order chi connectivity index (χ1) is 17.6. The zero-order valence-corrected chi connectivity index (χ0v) is 21.3. The van der Waals surface area contributed by atoms with Gasteiger partial charge in [-0.15, -0.1) is 0 Å². The number of carbonyl (C=O) groups is 1. The zero-order chi connectivity index (χ0) is 24.3. The van der Waals surface area contributed by atoms with Crippen molar-refractivity contribution in [2.24, 2.45) is 23.2 Å². The molecule has 0 atom stereocenters. The van der Waals surface area contributed by atoms with E-state index in [9.17, 15) is 4.79 Å². The van der Waals surface area contributed by atoms with Gasteiger partial charge >= 0.3 is 5.97 Å². The van der Waals surface area contributed by atoms with Gasteiger partial charge in [-0.2, -0.15) is 0 Å². The molecule has 5 saturated carbocycles. The Hall–Kier alpha value is -2.82. The normalized spacial score (nSPS) is 29.5. The lowest BCUT2D eigenvalue weighted by atomic mass is 9.49. The number of carbonyl (C=O) groups excluding carboxylic acids is 1. The summed E-state index contributed by atoms with van der Waals surface area (Å²) in [5.74, 6) is 3.79. The summed E-state index contributed by atoms with van der Waals surface area (Å²) in [6, 6.07) is 12.7. The molecule has 5 heteroatoms. The lowest BCUT2D eigenvalue weighted by Gasteiger charge is -2.55. The molecule has 3 aromatic rings. The van der Waals surface area contributed by atoms with Crippen LogP contribution in [0, 0.1) is 30.1 Å². The summed E-state index contributed by atoms with van der Waals surface area (Å²) in [7, 11) is 0. The Morgan fingerprint density at radius 1 is 1.00 bits per heavy atom. The number of rotatable bonds is 5. The fourth-order valence-electron chi connectivity index (χ4n) is 8.23. The van der Waals surface area contributed by atoms with Crippen molar-refractivity contribution in [3.05, 3.63) is 48.2 Å². The quantitative estimate of drug-likeness (QED) is 0.309. The molecule has 2 aromatic heterocycles. The van der Waals surface area contributed by atoms with E-state index in [0.29, 0.717) is 29.5 Å². The molecule has 2 heterocycles. The number of para-hydroxylation sites is 1. The number of hydrogen-bond acceptors (Lipinski definition) is 4. The van der Waals surface area contributed by atoms with Crippen molar-refractivity contribution in [1.29, 1.82) is 0 Å². The Bertz CT molecular complexity index is 1270. The van der Waals surface area contributed by atoms with E-state index in [0.717, 1.165) is 42.0 Å². The molecular formula is C31H37N3O2. The number of imidazole rings is 1. The van der Waals surface area contributed by atoms with Crippen LogP contribution in [0.2, 0.25) is 0 Å². The Morgan fingerprint density at radius 2 is 1.69 bits per heavy atom. The van der Waals surface area contributed by atoms with Gasteiger partial charge in [-0.1, -0.05) is 31.4 Å². The molecule has 1 aromatic carbocycles. The lowest BCUT2D eigenvalue weighted by Crippen LogP contribution is -2.51. The van der Waals surface area contributed by atoms with Crippen molar-refractivity contribution in [2.45, 2.75) is 83.6 Å². The van der Waals surface area contributed by atoms with Crippen molar-refractivity contribution in [2.75, 3.05) is 5.32 Å². The maximum Gasteiger partial charge on any atom is 0.317 e. The highest BCUT2D eigenvalue weighted by molar-refractivity contribution is 5.85. The number of ether oxygens (including phenoxy) is 1. The van der Waals surface area contributed by atoms with Crippen LogP contribution in [0.3, 0.4) is 0 Å². The van der Waals surface area contributed by atoms with E-state index in [1.165, 1.54) is 56.9 Å². The average molecular weight is 484 g/mol. The van der Waals surface area contributed by atoms with Gasteiger partial charge in [0, 0.05) is 17.8 Å². The fraction of sp³-hybridized carbons (Fsp3) is 0.548. The molecule has 0 aliphatic heterocycles. The molecule has 0 saturated heterocycles. The number of nitrogens with zero attached hydrogens (tertiary/aromatic N) is 2. The molecule has 5 fully saturated rings. The SMILES string of the molecule is Cc1ccn2c(NC3CCCCC3)c(-c3ccccc3OC(=O)C34CC5CC(CC(C5)C3)C4)nc2c1. The number of aromatic nitrogens is 2. The zero-order valence-electron chi connectivity index (χ0n) is 21.3. The Balaban J connectivity index is 1.25. The summed E-state index contributed by atoms with van der Waals surface area (Å²) in [6.45, 7) is 2.10. The molecular weight excluding hydrogens is 446 g/mol. The third kappa shape index (κ3) is 3.82. The number of hydrogen-bond donors (Lipinski definition) is 1. The van der Waals surface area contributed by atoms with Gasteiger partial charge in [-0.3, -0.25) is 9.20 Å². The molecule has 0 unspecified atom stereocenters. The van der Waals surface area contributed by atoms with E-state index in [1.54, 1.807) is 0 Å². The topological polar surface area (TPSA) is 55.6 Å². The van der Waals surface area contributed by atoms with Crippen molar-refractivity contribution < 1.29 is 9.53 Å². The number of esters is 1. The molecule has 36 heavy (non-hydrogen) atoms. The van der Waals surface area contributed by atoms with Crippen LogP contribution < -0.4 is 10.1 Å². The summed E-state index contributed by atoms with van der Waals surface area (Å²) < 4.78 is 8.49. The van der Waals surface area contributed by atoms with Crippen LogP contribution in [-0.2, 0) is 4.79 Å². The van der Waals surface area contributed by atoms with Crippen LogP contribution in [-0.4, -0.2) is 21.4 Å². The molecule has 188 valence electrons. The van der Waals surface area contributed by atoms with Crippen molar-refractivity contribution in [3.8, 4) is 17.0 Å². The van der Waals surface area contributed by atoms with Gasteiger partial charge in [0.2, 0.25) is 0 Å². The number of fused-ring (bicyclic) bond motifs is 1. The molecule has 0 radical (unpaired) electrons. The fourth-order valence-corrected chi connectivity index (χ4v) is 8.23. The minimum Gasteiger partial charge on any atom is -0.425 e. The van der Waals surface area contributed by atoms with Gasteiger partial charge in [-0.05, 0) is 106 Å². The minimum atomic E-state index is -0.277. The van der Waals surface area contributed by atoms with Gasteiger partial charge in [0.1, 0.15) is 22.9 Å². The summed E-state index contributed by atoms with van der Waals surface area (Å²) in [4.78, 5) is 18.9. The first kappa shape index (κ1) is 22.4. The average Bonchev–Trinajstić information content (AvgIpc) is 3.21. The van der Waals surface area contributed by atoms with E-state index >= 15 is 0 Å². The summed E-state index contributed by atoms with van der Waals surface area (Å²) >= 11 is 0. The van der Waals surface area contributed by atoms with E-state index in [-0.39, 0.29) is 11.4 Å². The number of nitrogens with one attached hydrogen (secondary N) is 1. The molecule has 5 aliphatic rings. The summed E-state index contributed by atoms with van der Waals surface area (Å²) in [5, 5.41) is 3.84. The predicted molar refractivity (Wildman–Crippen MR) is 142 cm³/mol. The van der Waals surface area contributed by atoms with E-state index in [2.05, 4.69) is 41.0 Å². The van der Waals surface area contributed by atoms with Gasteiger partial charge in [-0.25, -0.2) is 4.98 Å². The van der Waals surface area contributed by atoms with E-state index in [4.69, 9.17) is 9.72 Å². The third-order valence-electron chi connectivity index (χ3n) is 9.54. The van der Waals surface area contributed by atoms with E-state index in [1.807, 2.05) is 18.2 Å². The predicted octanol–water partition coefficient (Wildman–Crippen LogP) is 7.18. The number of pyridine rings is 1. The Morgan fingerprint density at radius 3 is 2.42 bits per heavy atom. The monoisotopic (exact) mass is 483 g/mol. The standard InChI is InChI=1S/C31H37N3O2/c1-20-11-12-34-27(13-20)33-28(29(34)32-24-7-3-2-4-8-24)25-9-5-6-10-26(25)36-30(35)31-17-21-14-22(18-31)16-23(15-21)19-31/h5-6,9-13,21-24,32H,2-4,7-8,14-19H2,1H3. The Labute approximate surface area is 213 Å². The van der Waals surface area contributed by atoms with Crippen LogP contribution in [0.5, 0.6) is 5.75 Å². The van der Waals surface area contributed by atoms with Crippen LogP contribution in [0.1, 0.15) is 76.2 Å². The molecule has 8 rings (SSSR count). The van der Waals surface area contributed by atoms with Crippen molar-refractivity contribution in [1.82, 2.24) is 9.38 Å². The molecule has 5 nitrogen and oxygen atoms in total. The maximum absolute atomic E-state index is 13.8. The van der Waals surface area contributed by atoms with Gasteiger partial charge in [0.05, 0.1) is 5.41 Å². The first-order valence-corrected chi connectivity index (χ1v) is 14.1. The molecule has 0 spiro atoms. The lowest BCUT2D eigenvalue weighted by molar-refractivity contribution is -0.161. The summed E-state index contributed by atoms with van der Waals surface area (Å²) in [5.41, 5.74) is 3.60. The third-order valence-corrected chi connectivity index (χ3v) is 9.54. The highest BCUT2D eigenvalue weighted by Gasteiger charge is 2.55. The Kier molecular flexibility index (Phi) is 5.37. The summed E-state index contributed by atoms with van der Waals surface area (Å²) in [6.07, 6.45) is 15.3. The number of aryl methyl sites for hydroxylation is 1. The smallest absolute Gasteiger partial charge is 0.317 e. The first-order valence-electron chi connectivity index (χ1n) is 14.1. The molecule has 5 aliphatic carbocycles. The molecule has 4 bridgehead atoms. The van der Waals surface area contributed by atoms with E-state index < -0.39 is 0 Å². The molecule has 1 N–H and O–H groups in total. The highest BCUT2D eigenvalue weighted by atomic mass is 16.5. The van der Waals surface area contributed by atoms with Crippen molar-refractivity contribution in [3.63, 3.8) is 0 Å². The second-order valence-corrected chi connectivity index (χ2v) is 12.3. The number of anilines is 1. The van der Waals surface area contributed by atoms with Crippen LogP contribution in [0.4, 0.5) is 5.82 Å². The second-order valence-electron chi connectivity index (χ2n) is 12.3. The maximum atomic E-state index is 13.8. The van der Waals surface area contributed by atoms with Crippen LogP contribution in [0.25, 0.3) is 16.9 Å². The van der Waals surface area contributed by atoms with Gasteiger partial charge in [0.25, 0.3) is 0 Å². The molecule has 0 amide bonds.